The van der Waals surface area contributed by atoms with Gasteiger partial charge < -0.3 is 15.0 Å². The summed E-state index contributed by atoms with van der Waals surface area (Å²) < 4.78 is 0. The monoisotopic (exact) mass is 299 g/mol. The molecule has 1 aromatic heterocycles. The van der Waals surface area contributed by atoms with Crippen LogP contribution in [0.25, 0.3) is 11.4 Å². The second-order valence-corrected chi connectivity index (χ2v) is 6.84. The molecule has 3 rings (SSSR count). The van der Waals surface area contributed by atoms with E-state index in [1.165, 1.54) is 0 Å². The number of rotatable bonds is 2. The van der Waals surface area contributed by atoms with Crippen LogP contribution in [0.4, 0.5) is 0 Å². The lowest BCUT2D eigenvalue weighted by molar-refractivity contribution is -0.0108. The molecule has 0 radical (unpaired) electrons. The van der Waals surface area contributed by atoms with Gasteiger partial charge >= 0.3 is 0 Å². The Morgan fingerprint density at radius 3 is 2.68 bits per heavy atom. The molecular formula is C17H21N3O2. The van der Waals surface area contributed by atoms with Gasteiger partial charge in [0.05, 0.1) is 12.1 Å². The molecule has 2 heterocycles. The Morgan fingerprint density at radius 2 is 2.09 bits per heavy atom. The van der Waals surface area contributed by atoms with Crippen molar-refractivity contribution >= 4 is 5.91 Å². The molecule has 0 spiro atoms. The van der Waals surface area contributed by atoms with Gasteiger partial charge in [0.15, 0.2) is 0 Å². The molecule has 0 bridgehead atoms. The molecule has 116 valence electrons. The van der Waals surface area contributed by atoms with Crippen LogP contribution in [0.3, 0.4) is 0 Å². The minimum Gasteiger partial charge on any atom is -0.388 e. The number of hydrogen-bond donors (Lipinski definition) is 2. The summed E-state index contributed by atoms with van der Waals surface area (Å²) in [5, 5.41) is 10.5. The first kappa shape index (κ1) is 14.8. The van der Waals surface area contributed by atoms with Gasteiger partial charge in [-0.3, -0.25) is 4.79 Å². The highest BCUT2D eigenvalue weighted by Gasteiger charge is 2.49. The van der Waals surface area contributed by atoms with Crippen molar-refractivity contribution in [2.24, 2.45) is 5.41 Å². The SMILES string of the molecule is CC1(C)CN(C(=O)c2cccc(-c3ncc[nH]3)c2)C[C@@]1(C)O. The van der Waals surface area contributed by atoms with Crippen LogP contribution in [0, 0.1) is 5.41 Å². The molecular weight excluding hydrogens is 278 g/mol. The first-order chi connectivity index (χ1) is 10.3. The van der Waals surface area contributed by atoms with E-state index in [9.17, 15) is 9.90 Å². The Labute approximate surface area is 130 Å². The number of hydrogen-bond acceptors (Lipinski definition) is 3. The fourth-order valence-corrected chi connectivity index (χ4v) is 2.84. The molecule has 5 nitrogen and oxygen atoms in total. The summed E-state index contributed by atoms with van der Waals surface area (Å²) >= 11 is 0. The van der Waals surface area contributed by atoms with Crippen molar-refractivity contribution in [3.05, 3.63) is 42.2 Å². The van der Waals surface area contributed by atoms with Crippen LogP contribution in [0.2, 0.25) is 0 Å². The van der Waals surface area contributed by atoms with Gasteiger partial charge in [-0.15, -0.1) is 0 Å². The molecule has 1 atom stereocenters. The highest BCUT2D eigenvalue weighted by Crippen LogP contribution is 2.39. The zero-order valence-electron chi connectivity index (χ0n) is 13.1. The lowest BCUT2D eigenvalue weighted by Crippen LogP contribution is -2.40. The molecule has 1 fully saturated rings. The van der Waals surface area contributed by atoms with E-state index in [4.69, 9.17) is 0 Å². The topological polar surface area (TPSA) is 69.2 Å². The zero-order valence-corrected chi connectivity index (χ0v) is 13.1. The number of benzene rings is 1. The van der Waals surface area contributed by atoms with E-state index in [1.54, 1.807) is 30.3 Å². The lowest BCUT2D eigenvalue weighted by Gasteiger charge is -2.30. The van der Waals surface area contributed by atoms with Crippen LogP contribution in [-0.2, 0) is 0 Å². The molecule has 0 saturated carbocycles. The van der Waals surface area contributed by atoms with Gasteiger partial charge in [0.2, 0.25) is 0 Å². The van der Waals surface area contributed by atoms with Gasteiger partial charge in [-0.25, -0.2) is 4.98 Å². The van der Waals surface area contributed by atoms with Gasteiger partial charge in [-0.1, -0.05) is 26.0 Å². The molecule has 22 heavy (non-hydrogen) atoms. The van der Waals surface area contributed by atoms with Crippen LogP contribution < -0.4 is 0 Å². The summed E-state index contributed by atoms with van der Waals surface area (Å²) in [5.41, 5.74) is 0.297. The number of amides is 1. The fourth-order valence-electron chi connectivity index (χ4n) is 2.84. The number of imidazole rings is 1. The normalized spacial score (nSPS) is 23.7. The number of likely N-dealkylation sites (tertiary alicyclic amines) is 1. The number of aromatic nitrogens is 2. The highest BCUT2D eigenvalue weighted by atomic mass is 16.3. The highest BCUT2D eigenvalue weighted by molar-refractivity contribution is 5.95. The van der Waals surface area contributed by atoms with Crippen molar-refractivity contribution in [2.45, 2.75) is 26.4 Å². The Bertz CT molecular complexity index is 674. The maximum Gasteiger partial charge on any atom is 0.253 e. The average molecular weight is 299 g/mol. The predicted octanol–water partition coefficient (Wildman–Crippen LogP) is 2.31. The number of carbonyl (C=O) groups excluding carboxylic acids is 1. The largest absolute Gasteiger partial charge is 0.388 e. The molecule has 2 aromatic rings. The van der Waals surface area contributed by atoms with Crippen LogP contribution in [-0.4, -0.2) is 44.6 Å². The summed E-state index contributed by atoms with van der Waals surface area (Å²) in [6.07, 6.45) is 3.44. The molecule has 1 saturated heterocycles. The Morgan fingerprint density at radius 1 is 1.32 bits per heavy atom. The maximum absolute atomic E-state index is 12.7. The third-order valence-electron chi connectivity index (χ3n) is 4.71. The number of nitrogens with one attached hydrogen (secondary N) is 1. The number of aromatic amines is 1. The molecule has 5 heteroatoms. The Hall–Kier alpha value is -2.14. The molecule has 1 aliphatic heterocycles. The zero-order chi connectivity index (χ0) is 16.0. The van der Waals surface area contributed by atoms with Crippen molar-refractivity contribution in [2.75, 3.05) is 13.1 Å². The molecule has 0 unspecified atom stereocenters. The summed E-state index contributed by atoms with van der Waals surface area (Å²) in [6, 6.07) is 7.40. The Kier molecular flexibility index (Phi) is 3.33. The van der Waals surface area contributed by atoms with Crippen molar-refractivity contribution in [1.82, 2.24) is 14.9 Å². The number of β-amino-alcohol motifs (C(OH)–C–C–N with tert-alkyl or cyclic N) is 1. The van der Waals surface area contributed by atoms with E-state index in [0.717, 1.165) is 11.4 Å². The van der Waals surface area contributed by atoms with Crippen LogP contribution in [0.15, 0.2) is 36.7 Å². The lowest BCUT2D eigenvalue weighted by atomic mass is 9.79. The van der Waals surface area contributed by atoms with E-state index >= 15 is 0 Å². The molecule has 0 aliphatic carbocycles. The number of aliphatic hydroxyl groups is 1. The van der Waals surface area contributed by atoms with Gasteiger partial charge in [0, 0.05) is 35.5 Å². The second-order valence-electron chi connectivity index (χ2n) is 6.84. The van der Waals surface area contributed by atoms with E-state index in [-0.39, 0.29) is 11.3 Å². The smallest absolute Gasteiger partial charge is 0.253 e. The van der Waals surface area contributed by atoms with Crippen LogP contribution in [0.1, 0.15) is 31.1 Å². The predicted molar refractivity (Wildman–Crippen MR) is 84.3 cm³/mol. The van der Waals surface area contributed by atoms with Gasteiger partial charge in [-0.05, 0) is 19.1 Å². The quantitative estimate of drug-likeness (QED) is 0.894. The van der Waals surface area contributed by atoms with Gasteiger partial charge in [-0.2, -0.15) is 0 Å². The van der Waals surface area contributed by atoms with Crippen molar-refractivity contribution in [1.29, 1.82) is 0 Å². The van der Waals surface area contributed by atoms with Gasteiger partial charge in [0.1, 0.15) is 5.82 Å². The number of carbonyl (C=O) groups is 1. The number of H-pyrrole nitrogens is 1. The van der Waals surface area contributed by atoms with Crippen LogP contribution >= 0.6 is 0 Å². The van der Waals surface area contributed by atoms with E-state index in [1.807, 2.05) is 32.0 Å². The molecule has 1 aliphatic rings. The third kappa shape index (κ3) is 2.41. The van der Waals surface area contributed by atoms with Crippen molar-refractivity contribution in [3.8, 4) is 11.4 Å². The molecule has 2 N–H and O–H groups in total. The second kappa shape index (κ2) is 4.95. The summed E-state index contributed by atoms with van der Waals surface area (Å²) in [6.45, 7) is 6.66. The first-order valence-electron chi connectivity index (χ1n) is 7.42. The average Bonchev–Trinajstić information content (AvgIpc) is 3.05. The minimum absolute atomic E-state index is 0.0562. The van der Waals surface area contributed by atoms with E-state index in [0.29, 0.717) is 18.7 Å². The maximum atomic E-state index is 12.7. The molecule has 1 amide bonds. The standard InChI is InChI=1S/C17H21N3O2/c1-16(2)10-20(11-17(16,3)22)15(21)13-6-4-5-12(9-13)14-18-7-8-19-14/h4-9,22H,10-11H2,1-3H3,(H,18,19)/t17-/m1/s1. The van der Waals surface area contributed by atoms with Crippen molar-refractivity contribution < 1.29 is 9.90 Å². The fraction of sp³-hybridized carbons (Fsp3) is 0.412. The number of nitrogens with zero attached hydrogens (tertiary/aromatic N) is 2. The van der Waals surface area contributed by atoms with E-state index in [2.05, 4.69) is 9.97 Å². The van der Waals surface area contributed by atoms with E-state index < -0.39 is 5.60 Å². The van der Waals surface area contributed by atoms with Crippen LogP contribution in [0.5, 0.6) is 0 Å². The summed E-state index contributed by atoms with van der Waals surface area (Å²) in [5.74, 6) is 0.683. The first-order valence-corrected chi connectivity index (χ1v) is 7.42. The summed E-state index contributed by atoms with van der Waals surface area (Å²) in [7, 11) is 0. The minimum atomic E-state index is -0.874. The summed E-state index contributed by atoms with van der Waals surface area (Å²) in [4.78, 5) is 21.7. The van der Waals surface area contributed by atoms with Crippen molar-refractivity contribution in [3.63, 3.8) is 0 Å². The third-order valence-corrected chi connectivity index (χ3v) is 4.71. The van der Waals surface area contributed by atoms with Gasteiger partial charge in [0.25, 0.3) is 5.91 Å². The molecule has 1 aromatic carbocycles. The Balaban J connectivity index is 1.86.